The van der Waals surface area contributed by atoms with Crippen molar-refractivity contribution in [1.82, 2.24) is 9.71 Å². The molecule has 0 spiro atoms. The minimum Gasteiger partial charge on any atom is -0.472 e. The maximum atomic E-state index is 12.6. The van der Waals surface area contributed by atoms with E-state index in [9.17, 15) is 8.42 Å². The van der Waals surface area contributed by atoms with E-state index in [2.05, 4.69) is 9.71 Å². The summed E-state index contributed by atoms with van der Waals surface area (Å²) in [7, 11) is -3.63. The number of para-hydroxylation sites is 1. The van der Waals surface area contributed by atoms with Crippen molar-refractivity contribution in [2.45, 2.75) is 24.3 Å². The summed E-state index contributed by atoms with van der Waals surface area (Å²) in [5, 5.41) is 0.799. The molecule has 3 rings (SSSR count). The van der Waals surface area contributed by atoms with Crippen molar-refractivity contribution in [3.63, 3.8) is 0 Å². The Hall–Kier alpha value is -2.18. The standard InChI is InChI=1S/C16H16N2O3S/c1-12(10-13-7-9-21-11-13)18-22(19,20)15-6-2-4-14-5-3-8-17-16(14)15/h2-9,11-12,18H,10H2,1H3/t12-/m1/s1. The Morgan fingerprint density at radius 2 is 2.05 bits per heavy atom. The number of furan rings is 1. The number of hydrogen-bond donors (Lipinski definition) is 1. The van der Waals surface area contributed by atoms with E-state index < -0.39 is 10.0 Å². The van der Waals surface area contributed by atoms with E-state index in [0.29, 0.717) is 11.9 Å². The van der Waals surface area contributed by atoms with Crippen molar-refractivity contribution < 1.29 is 12.8 Å². The van der Waals surface area contributed by atoms with Crippen LogP contribution >= 0.6 is 0 Å². The molecular formula is C16H16N2O3S. The molecule has 2 aromatic heterocycles. The van der Waals surface area contributed by atoms with Gasteiger partial charge in [0.2, 0.25) is 10.0 Å². The third-order valence-corrected chi connectivity index (χ3v) is 4.98. The van der Waals surface area contributed by atoms with Gasteiger partial charge in [0.15, 0.2) is 0 Å². The summed E-state index contributed by atoms with van der Waals surface area (Å²) in [6.45, 7) is 1.82. The van der Waals surface area contributed by atoms with Gasteiger partial charge in [-0.25, -0.2) is 13.1 Å². The summed E-state index contributed by atoms with van der Waals surface area (Å²) in [6.07, 6.45) is 5.35. The molecule has 1 aromatic carbocycles. The molecular weight excluding hydrogens is 300 g/mol. The van der Waals surface area contributed by atoms with Crippen molar-refractivity contribution >= 4 is 20.9 Å². The van der Waals surface area contributed by atoms with Gasteiger partial charge in [0.25, 0.3) is 0 Å². The van der Waals surface area contributed by atoms with Crippen LogP contribution in [0.15, 0.2) is 64.4 Å². The maximum absolute atomic E-state index is 12.6. The molecule has 0 aliphatic rings. The topological polar surface area (TPSA) is 72.2 Å². The summed E-state index contributed by atoms with van der Waals surface area (Å²) in [6, 6.07) is 10.3. The van der Waals surface area contributed by atoms with E-state index in [4.69, 9.17) is 4.42 Å². The molecule has 6 heteroatoms. The molecule has 0 fully saturated rings. The molecule has 1 atom stereocenters. The molecule has 0 saturated carbocycles. The lowest BCUT2D eigenvalue weighted by Gasteiger charge is -2.14. The monoisotopic (exact) mass is 316 g/mol. The number of benzene rings is 1. The highest BCUT2D eigenvalue weighted by atomic mass is 32.2. The van der Waals surface area contributed by atoms with Gasteiger partial charge in [-0.2, -0.15) is 0 Å². The zero-order valence-electron chi connectivity index (χ0n) is 12.1. The first-order chi connectivity index (χ1) is 10.6. The number of nitrogens with one attached hydrogen (secondary N) is 1. The number of sulfonamides is 1. The Labute approximate surface area is 129 Å². The molecule has 2 heterocycles. The molecule has 0 radical (unpaired) electrons. The van der Waals surface area contributed by atoms with Gasteiger partial charge in [-0.1, -0.05) is 18.2 Å². The fraction of sp³-hybridized carbons (Fsp3) is 0.188. The summed E-state index contributed by atoms with van der Waals surface area (Å²) in [5.74, 6) is 0. The summed E-state index contributed by atoms with van der Waals surface area (Å²) in [4.78, 5) is 4.40. The van der Waals surface area contributed by atoms with Crippen LogP contribution in [0, 0.1) is 0 Å². The average molecular weight is 316 g/mol. The zero-order chi connectivity index (χ0) is 15.6. The van der Waals surface area contributed by atoms with Gasteiger partial charge in [-0.05, 0) is 37.1 Å². The van der Waals surface area contributed by atoms with Crippen LogP contribution in [0.25, 0.3) is 10.9 Å². The number of nitrogens with zero attached hydrogens (tertiary/aromatic N) is 1. The summed E-state index contributed by atoms with van der Waals surface area (Å²) < 4.78 is 32.9. The fourth-order valence-corrected chi connectivity index (χ4v) is 3.85. The summed E-state index contributed by atoms with van der Waals surface area (Å²) >= 11 is 0. The van der Waals surface area contributed by atoms with E-state index in [1.807, 2.05) is 25.1 Å². The number of pyridine rings is 1. The summed E-state index contributed by atoms with van der Waals surface area (Å²) in [5.41, 5.74) is 1.43. The predicted molar refractivity (Wildman–Crippen MR) is 83.9 cm³/mol. The van der Waals surface area contributed by atoms with Gasteiger partial charge in [0.1, 0.15) is 4.90 Å². The Morgan fingerprint density at radius 1 is 1.23 bits per heavy atom. The quantitative estimate of drug-likeness (QED) is 0.785. The molecule has 5 nitrogen and oxygen atoms in total. The van der Waals surface area contributed by atoms with Crippen LogP contribution in [0.2, 0.25) is 0 Å². The van der Waals surface area contributed by atoms with Crippen LogP contribution in [-0.4, -0.2) is 19.4 Å². The lowest BCUT2D eigenvalue weighted by atomic mass is 10.1. The average Bonchev–Trinajstić information content (AvgIpc) is 2.98. The van der Waals surface area contributed by atoms with Crippen LogP contribution < -0.4 is 4.72 Å². The minimum atomic E-state index is -3.63. The lowest BCUT2D eigenvalue weighted by Crippen LogP contribution is -2.34. The molecule has 0 saturated heterocycles. The van der Waals surface area contributed by atoms with Crippen LogP contribution in [0.4, 0.5) is 0 Å². The van der Waals surface area contributed by atoms with E-state index >= 15 is 0 Å². The van der Waals surface area contributed by atoms with E-state index in [1.165, 1.54) is 0 Å². The molecule has 0 amide bonds. The number of rotatable bonds is 5. The molecule has 0 aliphatic carbocycles. The molecule has 22 heavy (non-hydrogen) atoms. The van der Waals surface area contributed by atoms with Crippen LogP contribution in [0.5, 0.6) is 0 Å². The van der Waals surface area contributed by atoms with Crippen molar-refractivity contribution in [2.75, 3.05) is 0 Å². The van der Waals surface area contributed by atoms with Gasteiger partial charge in [0.05, 0.1) is 18.0 Å². The normalized spacial score (nSPS) is 13.3. The third kappa shape index (κ3) is 3.03. The van der Waals surface area contributed by atoms with Gasteiger partial charge >= 0.3 is 0 Å². The third-order valence-electron chi connectivity index (χ3n) is 3.36. The van der Waals surface area contributed by atoms with Crippen LogP contribution in [-0.2, 0) is 16.4 Å². The van der Waals surface area contributed by atoms with Crippen molar-refractivity contribution in [1.29, 1.82) is 0 Å². The molecule has 114 valence electrons. The minimum absolute atomic E-state index is 0.199. The Kier molecular flexibility index (Phi) is 3.96. The lowest BCUT2D eigenvalue weighted by molar-refractivity contribution is 0.549. The largest absolute Gasteiger partial charge is 0.472 e. The first-order valence-corrected chi connectivity index (χ1v) is 8.42. The van der Waals surface area contributed by atoms with Crippen molar-refractivity contribution in [3.05, 3.63) is 60.7 Å². The highest BCUT2D eigenvalue weighted by Crippen LogP contribution is 2.21. The highest BCUT2D eigenvalue weighted by molar-refractivity contribution is 7.89. The maximum Gasteiger partial charge on any atom is 0.242 e. The Morgan fingerprint density at radius 3 is 2.82 bits per heavy atom. The number of aromatic nitrogens is 1. The first-order valence-electron chi connectivity index (χ1n) is 6.93. The fourth-order valence-electron chi connectivity index (χ4n) is 2.43. The van der Waals surface area contributed by atoms with Crippen molar-refractivity contribution in [3.8, 4) is 0 Å². The van der Waals surface area contributed by atoms with E-state index in [1.54, 1.807) is 36.9 Å². The first kappa shape index (κ1) is 14.7. The molecule has 0 aliphatic heterocycles. The van der Waals surface area contributed by atoms with Crippen molar-refractivity contribution in [2.24, 2.45) is 0 Å². The molecule has 0 unspecified atom stereocenters. The predicted octanol–water partition coefficient (Wildman–Crippen LogP) is 2.74. The zero-order valence-corrected chi connectivity index (χ0v) is 12.9. The van der Waals surface area contributed by atoms with Crippen LogP contribution in [0.1, 0.15) is 12.5 Å². The van der Waals surface area contributed by atoms with Gasteiger partial charge < -0.3 is 4.42 Å². The second-order valence-electron chi connectivity index (χ2n) is 5.19. The van der Waals surface area contributed by atoms with Crippen LogP contribution in [0.3, 0.4) is 0 Å². The van der Waals surface area contributed by atoms with E-state index in [-0.39, 0.29) is 10.9 Å². The van der Waals surface area contributed by atoms with Gasteiger partial charge in [-0.15, -0.1) is 0 Å². The smallest absolute Gasteiger partial charge is 0.242 e. The number of fused-ring (bicyclic) bond motifs is 1. The molecule has 0 bridgehead atoms. The highest BCUT2D eigenvalue weighted by Gasteiger charge is 2.20. The SMILES string of the molecule is C[C@H](Cc1ccoc1)NS(=O)(=O)c1cccc2cccnc12. The van der Waals surface area contributed by atoms with Gasteiger partial charge in [-0.3, -0.25) is 4.98 Å². The number of hydrogen-bond acceptors (Lipinski definition) is 4. The molecule has 1 N–H and O–H groups in total. The Bertz CT molecular complexity index is 868. The van der Waals surface area contributed by atoms with E-state index in [0.717, 1.165) is 10.9 Å². The van der Waals surface area contributed by atoms with Gasteiger partial charge in [0, 0.05) is 17.6 Å². The second-order valence-corrected chi connectivity index (χ2v) is 6.87. The second kappa shape index (κ2) is 5.90. The Balaban J connectivity index is 1.88. The molecule has 3 aromatic rings.